The van der Waals surface area contributed by atoms with E-state index in [1.165, 1.54) is 7.05 Å². The minimum absolute atomic E-state index is 0.201. The van der Waals surface area contributed by atoms with Crippen LogP contribution in [0.1, 0.15) is 27.7 Å². The van der Waals surface area contributed by atoms with Crippen molar-refractivity contribution in [1.29, 1.82) is 0 Å². The third-order valence-electron chi connectivity index (χ3n) is 3.96. The second kappa shape index (κ2) is 4.84. The summed E-state index contributed by atoms with van der Waals surface area (Å²) >= 11 is 0. The first-order valence-electron chi connectivity index (χ1n) is 6.48. The van der Waals surface area contributed by atoms with Crippen LogP contribution >= 0.6 is 0 Å². The van der Waals surface area contributed by atoms with E-state index in [1.807, 2.05) is 27.7 Å². The minimum Gasteiger partial charge on any atom is -0.399 e. The van der Waals surface area contributed by atoms with Gasteiger partial charge in [0.1, 0.15) is 0 Å². The number of benzene rings is 1. The fourth-order valence-electron chi connectivity index (χ4n) is 1.93. The van der Waals surface area contributed by atoms with Gasteiger partial charge in [0.25, 0.3) is 0 Å². The van der Waals surface area contributed by atoms with Crippen LogP contribution in [-0.2, 0) is 19.3 Å². The molecule has 0 bridgehead atoms. The Hall–Kier alpha value is -0.885. The molecule has 1 aromatic carbocycles. The maximum Gasteiger partial charge on any atom is 0.494 e. The molecular weight excluding hydrogens is 277 g/mol. The van der Waals surface area contributed by atoms with Crippen molar-refractivity contribution in [2.75, 3.05) is 7.05 Å². The van der Waals surface area contributed by atoms with Gasteiger partial charge in [-0.25, -0.2) is 13.1 Å². The van der Waals surface area contributed by atoms with Crippen LogP contribution in [0.25, 0.3) is 0 Å². The average molecular weight is 297 g/mol. The fourth-order valence-corrected chi connectivity index (χ4v) is 2.71. The molecule has 5 nitrogen and oxygen atoms in total. The summed E-state index contributed by atoms with van der Waals surface area (Å²) in [7, 11) is -2.65. The van der Waals surface area contributed by atoms with E-state index in [0.29, 0.717) is 5.46 Å². The molecule has 0 amide bonds. The van der Waals surface area contributed by atoms with Crippen molar-refractivity contribution in [3.8, 4) is 0 Å². The van der Waals surface area contributed by atoms with E-state index < -0.39 is 28.3 Å². The Labute approximate surface area is 120 Å². The van der Waals surface area contributed by atoms with Crippen LogP contribution in [0.2, 0.25) is 0 Å². The fraction of sp³-hybridized carbons (Fsp3) is 0.538. The zero-order valence-electron chi connectivity index (χ0n) is 12.4. The van der Waals surface area contributed by atoms with Crippen molar-refractivity contribution >= 4 is 22.6 Å². The highest BCUT2D eigenvalue weighted by Gasteiger charge is 2.51. The monoisotopic (exact) mass is 297 g/mol. The van der Waals surface area contributed by atoms with Crippen molar-refractivity contribution in [3.63, 3.8) is 0 Å². The highest BCUT2D eigenvalue weighted by molar-refractivity contribution is 7.89. The van der Waals surface area contributed by atoms with E-state index in [0.717, 1.165) is 0 Å². The lowest BCUT2D eigenvalue weighted by molar-refractivity contribution is 0.00578. The third kappa shape index (κ3) is 2.63. The number of nitrogens with one attached hydrogen (secondary N) is 1. The first-order chi connectivity index (χ1) is 9.09. The first-order valence-corrected chi connectivity index (χ1v) is 7.96. The Morgan fingerprint density at radius 3 is 2.15 bits per heavy atom. The molecule has 0 radical (unpaired) electrons. The summed E-state index contributed by atoms with van der Waals surface area (Å²) in [5.74, 6) is 0. The van der Waals surface area contributed by atoms with Crippen molar-refractivity contribution in [3.05, 3.63) is 24.3 Å². The lowest BCUT2D eigenvalue weighted by Crippen LogP contribution is -2.41. The summed E-state index contributed by atoms with van der Waals surface area (Å²) in [6.07, 6.45) is 0. The molecule has 0 aliphatic carbocycles. The van der Waals surface area contributed by atoms with Crippen LogP contribution in [0, 0.1) is 0 Å². The molecule has 1 aromatic rings. The van der Waals surface area contributed by atoms with E-state index in [1.54, 1.807) is 24.3 Å². The van der Waals surface area contributed by atoms with Gasteiger partial charge in [0.05, 0.1) is 16.1 Å². The van der Waals surface area contributed by atoms with Gasteiger partial charge >= 0.3 is 7.12 Å². The van der Waals surface area contributed by atoms with Gasteiger partial charge in [-0.3, -0.25) is 0 Å². The Kier molecular flexibility index (Phi) is 3.75. The standard InChI is InChI=1S/C13H20BNO4S/c1-12(2)13(3,4)19-14(18-12)10-7-6-8-11(9-10)20(16,17)15-5/h6-9,15H,1-5H3. The van der Waals surface area contributed by atoms with Crippen LogP contribution < -0.4 is 10.2 Å². The Morgan fingerprint density at radius 1 is 1.10 bits per heavy atom. The lowest BCUT2D eigenvalue weighted by atomic mass is 9.79. The van der Waals surface area contributed by atoms with Gasteiger partial charge in [-0.05, 0) is 52.3 Å². The van der Waals surface area contributed by atoms with E-state index in [4.69, 9.17) is 9.31 Å². The normalized spacial score (nSPS) is 21.1. The van der Waals surface area contributed by atoms with Gasteiger partial charge in [-0.1, -0.05) is 12.1 Å². The molecule has 0 spiro atoms. The van der Waals surface area contributed by atoms with Crippen molar-refractivity contribution < 1.29 is 17.7 Å². The van der Waals surface area contributed by atoms with E-state index >= 15 is 0 Å². The maximum absolute atomic E-state index is 11.8. The molecule has 1 heterocycles. The topological polar surface area (TPSA) is 64.6 Å². The SMILES string of the molecule is CNS(=O)(=O)c1cccc(B2OC(C)(C)C(C)(C)O2)c1. The molecule has 0 aromatic heterocycles. The van der Waals surface area contributed by atoms with E-state index in [9.17, 15) is 8.42 Å². The van der Waals surface area contributed by atoms with Crippen LogP contribution in [0.15, 0.2) is 29.2 Å². The van der Waals surface area contributed by atoms with Gasteiger partial charge in [-0.15, -0.1) is 0 Å². The molecule has 1 fully saturated rings. The van der Waals surface area contributed by atoms with E-state index in [-0.39, 0.29) is 4.90 Å². The van der Waals surface area contributed by atoms with Gasteiger partial charge in [-0.2, -0.15) is 0 Å². The molecule has 1 saturated heterocycles. The molecular formula is C13H20BNO4S. The van der Waals surface area contributed by atoms with Crippen LogP contribution in [-0.4, -0.2) is 33.8 Å². The molecule has 0 unspecified atom stereocenters. The number of rotatable bonds is 3. The Morgan fingerprint density at radius 2 is 1.65 bits per heavy atom. The Bertz CT molecular complexity index is 597. The third-order valence-corrected chi connectivity index (χ3v) is 5.37. The average Bonchev–Trinajstić information content (AvgIpc) is 2.59. The number of hydrogen-bond acceptors (Lipinski definition) is 4. The largest absolute Gasteiger partial charge is 0.494 e. The van der Waals surface area contributed by atoms with Crippen molar-refractivity contribution in [2.45, 2.75) is 43.8 Å². The van der Waals surface area contributed by atoms with Crippen LogP contribution in [0.5, 0.6) is 0 Å². The minimum atomic E-state index is -3.47. The molecule has 7 heteroatoms. The molecule has 1 N–H and O–H groups in total. The number of hydrogen-bond donors (Lipinski definition) is 1. The van der Waals surface area contributed by atoms with Crippen LogP contribution in [0.3, 0.4) is 0 Å². The van der Waals surface area contributed by atoms with Crippen molar-refractivity contribution in [1.82, 2.24) is 4.72 Å². The second-order valence-electron chi connectivity index (χ2n) is 5.87. The van der Waals surface area contributed by atoms with E-state index in [2.05, 4.69) is 4.72 Å². The molecule has 1 aliphatic rings. The second-order valence-corrected chi connectivity index (χ2v) is 7.75. The van der Waals surface area contributed by atoms with Gasteiger partial charge < -0.3 is 9.31 Å². The van der Waals surface area contributed by atoms with Crippen molar-refractivity contribution in [2.24, 2.45) is 0 Å². The quantitative estimate of drug-likeness (QED) is 0.842. The highest BCUT2D eigenvalue weighted by Crippen LogP contribution is 2.36. The number of sulfonamides is 1. The predicted octanol–water partition coefficient (Wildman–Crippen LogP) is 0.894. The molecule has 2 rings (SSSR count). The first kappa shape index (κ1) is 15.5. The zero-order chi connectivity index (χ0) is 15.2. The van der Waals surface area contributed by atoms with Gasteiger partial charge in [0.2, 0.25) is 10.0 Å². The summed E-state index contributed by atoms with van der Waals surface area (Å²) in [6, 6.07) is 6.61. The van der Waals surface area contributed by atoms with Gasteiger partial charge in [0, 0.05) is 0 Å². The Balaban J connectivity index is 2.35. The summed E-state index contributed by atoms with van der Waals surface area (Å²) in [5, 5.41) is 0. The molecule has 0 saturated carbocycles. The predicted molar refractivity (Wildman–Crippen MR) is 78.4 cm³/mol. The zero-order valence-corrected chi connectivity index (χ0v) is 13.2. The highest BCUT2D eigenvalue weighted by atomic mass is 32.2. The van der Waals surface area contributed by atoms with Crippen LogP contribution in [0.4, 0.5) is 0 Å². The molecule has 1 aliphatic heterocycles. The summed E-state index contributed by atoms with van der Waals surface area (Å²) in [4.78, 5) is 0.201. The maximum atomic E-state index is 11.8. The molecule has 0 atom stereocenters. The van der Waals surface area contributed by atoms with Gasteiger partial charge in [0.15, 0.2) is 0 Å². The summed E-state index contributed by atoms with van der Waals surface area (Å²) in [5.41, 5.74) is -0.203. The summed E-state index contributed by atoms with van der Waals surface area (Å²) in [6.45, 7) is 7.84. The molecule has 20 heavy (non-hydrogen) atoms. The molecule has 110 valence electrons. The smallest absolute Gasteiger partial charge is 0.399 e. The summed E-state index contributed by atoms with van der Waals surface area (Å²) < 4.78 is 37.8. The lowest BCUT2D eigenvalue weighted by Gasteiger charge is -2.32.